The highest BCUT2D eigenvalue weighted by atomic mass is 16.2. The van der Waals surface area contributed by atoms with Gasteiger partial charge in [0.15, 0.2) is 0 Å². The zero-order chi connectivity index (χ0) is 13.0. The van der Waals surface area contributed by atoms with Crippen LogP contribution in [0.1, 0.15) is 52.4 Å². The molecular formula is C15H29N2O+. The van der Waals surface area contributed by atoms with Crippen LogP contribution in [0.4, 0.5) is 0 Å². The van der Waals surface area contributed by atoms with Gasteiger partial charge in [-0.2, -0.15) is 0 Å². The van der Waals surface area contributed by atoms with Crippen molar-refractivity contribution < 1.29 is 9.69 Å². The minimum Gasteiger partial charge on any atom is -0.331 e. The van der Waals surface area contributed by atoms with E-state index >= 15 is 0 Å². The number of hydrogen-bond donors (Lipinski definition) is 1. The Kier molecular flexibility index (Phi) is 5.04. The predicted molar refractivity (Wildman–Crippen MR) is 73.6 cm³/mol. The first-order valence-corrected chi connectivity index (χ1v) is 7.79. The molecule has 1 amide bonds. The van der Waals surface area contributed by atoms with Gasteiger partial charge in [0, 0.05) is 6.42 Å². The lowest BCUT2D eigenvalue weighted by Crippen LogP contribution is -3.17. The fourth-order valence-corrected chi connectivity index (χ4v) is 3.41. The smallest absolute Gasteiger partial charge is 0.222 e. The van der Waals surface area contributed by atoms with Crippen molar-refractivity contribution >= 4 is 5.91 Å². The second kappa shape index (κ2) is 6.55. The highest BCUT2D eigenvalue weighted by Gasteiger charge is 2.25. The molecule has 0 aromatic heterocycles. The third-order valence-corrected chi connectivity index (χ3v) is 4.82. The molecular weight excluding hydrogens is 224 g/mol. The second-order valence-corrected chi connectivity index (χ2v) is 6.38. The van der Waals surface area contributed by atoms with Gasteiger partial charge in [0.1, 0.15) is 0 Å². The number of carbonyl (C=O) groups is 1. The molecule has 1 aliphatic heterocycles. The van der Waals surface area contributed by atoms with E-state index in [2.05, 4.69) is 18.7 Å². The molecule has 2 aliphatic rings. The maximum absolute atomic E-state index is 12.1. The van der Waals surface area contributed by atoms with E-state index in [0.29, 0.717) is 11.9 Å². The third kappa shape index (κ3) is 3.71. The highest BCUT2D eigenvalue weighted by molar-refractivity contribution is 5.76. The maximum atomic E-state index is 12.1. The summed E-state index contributed by atoms with van der Waals surface area (Å²) in [5, 5.41) is 0. The molecule has 0 spiro atoms. The SMILES string of the molecule is CC(C)[NH+]1CCN(C(=O)CCC2CCCC2)CC1. The van der Waals surface area contributed by atoms with Crippen LogP contribution in [0.3, 0.4) is 0 Å². The average molecular weight is 253 g/mol. The molecule has 0 aromatic carbocycles. The highest BCUT2D eigenvalue weighted by Crippen LogP contribution is 2.28. The summed E-state index contributed by atoms with van der Waals surface area (Å²) >= 11 is 0. The molecule has 1 saturated carbocycles. The molecule has 0 aromatic rings. The first-order valence-electron chi connectivity index (χ1n) is 7.79. The third-order valence-electron chi connectivity index (χ3n) is 4.82. The Bertz CT molecular complexity index is 264. The standard InChI is InChI=1S/C15H28N2O/c1-13(2)16-9-11-17(12-10-16)15(18)8-7-14-5-3-4-6-14/h13-14H,3-12H2,1-2H3/p+1. The largest absolute Gasteiger partial charge is 0.331 e. The lowest BCUT2D eigenvalue weighted by molar-refractivity contribution is -0.925. The Morgan fingerprint density at radius 1 is 1.22 bits per heavy atom. The second-order valence-electron chi connectivity index (χ2n) is 6.38. The van der Waals surface area contributed by atoms with Crippen molar-refractivity contribution in [2.75, 3.05) is 26.2 Å². The monoisotopic (exact) mass is 253 g/mol. The number of nitrogens with zero attached hydrogens (tertiary/aromatic N) is 1. The van der Waals surface area contributed by atoms with Crippen LogP contribution in [-0.2, 0) is 4.79 Å². The van der Waals surface area contributed by atoms with Crippen molar-refractivity contribution in [1.29, 1.82) is 0 Å². The number of quaternary nitrogens is 1. The van der Waals surface area contributed by atoms with Gasteiger partial charge in [-0.1, -0.05) is 25.7 Å². The number of amides is 1. The van der Waals surface area contributed by atoms with Gasteiger partial charge in [-0.3, -0.25) is 4.79 Å². The normalized spacial score (nSPS) is 22.9. The summed E-state index contributed by atoms with van der Waals surface area (Å²) in [6, 6.07) is 0.695. The van der Waals surface area contributed by atoms with E-state index in [0.717, 1.165) is 44.9 Å². The zero-order valence-corrected chi connectivity index (χ0v) is 12.1. The van der Waals surface area contributed by atoms with Crippen molar-refractivity contribution in [2.24, 2.45) is 5.92 Å². The summed E-state index contributed by atoms with van der Waals surface area (Å²) in [7, 11) is 0. The van der Waals surface area contributed by atoms with E-state index < -0.39 is 0 Å². The topological polar surface area (TPSA) is 24.8 Å². The molecule has 1 N–H and O–H groups in total. The van der Waals surface area contributed by atoms with E-state index in [-0.39, 0.29) is 0 Å². The van der Waals surface area contributed by atoms with Crippen LogP contribution in [0.5, 0.6) is 0 Å². The first-order chi connectivity index (χ1) is 8.66. The molecule has 18 heavy (non-hydrogen) atoms. The number of nitrogens with one attached hydrogen (secondary N) is 1. The maximum Gasteiger partial charge on any atom is 0.222 e. The molecule has 3 nitrogen and oxygen atoms in total. The summed E-state index contributed by atoms with van der Waals surface area (Å²) in [5.74, 6) is 1.25. The lowest BCUT2D eigenvalue weighted by Gasteiger charge is -2.34. The predicted octanol–water partition coefficient (Wildman–Crippen LogP) is 1.09. The van der Waals surface area contributed by atoms with Gasteiger partial charge >= 0.3 is 0 Å². The number of rotatable bonds is 4. The van der Waals surface area contributed by atoms with Crippen molar-refractivity contribution in [3.8, 4) is 0 Å². The van der Waals surface area contributed by atoms with Gasteiger partial charge in [0.05, 0.1) is 32.2 Å². The van der Waals surface area contributed by atoms with Gasteiger partial charge in [-0.15, -0.1) is 0 Å². The van der Waals surface area contributed by atoms with Crippen LogP contribution in [0.2, 0.25) is 0 Å². The molecule has 2 fully saturated rings. The van der Waals surface area contributed by atoms with Gasteiger partial charge in [0.25, 0.3) is 0 Å². The van der Waals surface area contributed by atoms with Crippen LogP contribution >= 0.6 is 0 Å². The van der Waals surface area contributed by atoms with Crippen LogP contribution < -0.4 is 4.90 Å². The van der Waals surface area contributed by atoms with Crippen molar-refractivity contribution in [3.63, 3.8) is 0 Å². The quantitative estimate of drug-likeness (QED) is 0.797. The Labute approximate surface area is 112 Å². The Balaban J connectivity index is 1.67. The molecule has 0 unspecified atom stereocenters. The fourth-order valence-electron chi connectivity index (χ4n) is 3.41. The Morgan fingerprint density at radius 2 is 1.83 bits per heavy atom. The average Bonchev–Trinajstić information content (AvgIpc) is 2.89. The summed E-state index contributed by atoms with van der Waals surface area (Å²) < 4.78 is 0. The molecule has 3 heteroatoms. The van der Waals surface area contributed by atoms with E-state index in [1.807, 2.05) is 0 Å². The Morgan fingerprint density at radius 3 is 2.39 bits per heavy atom. The molecule has 0 radical (unpaired) electrons. The summed E-state index contributed by atoms with van der Waals surface area (Å²) in [4.78, 5) is 15.9. The molecule has 0 atom stereocenters. The molecule has 0 bridgehead atoms. The van der Waals surface area contributed by atoms with Gasteiger partial charge < -0.3 is 9.80 Å². The number of carbonyl (C=O) groups excluding carboxylic acids is 1. The van der Waals surface area contributed by atoms with Gasteiger partial charge in [-0.05, 0) is 26.2 Å². The van der Waals surface area contributed by atoms with Gasteiger partial charge in [-0.25, -0.2) is 0 Å². The summed E-state index contributed by atoms with van der Waals surface area (Å²) in [6.45, 7) is 8.74. The van der Waals surface area contributed by atoms with E-state index in [9.17, 15) is 4.79 Å². The number of piperazine rings is 1. The minimum atomic E-state index is 0.407. The van der Waals surface area contributed by atoms with E-state index in [1.165, 1.54) is 25.7 Å². The van der Waals surface area contributed by atoms with Crippen molar-refractivity contribution in [3.05, 3.63) is 0 Å². The number of hydrogen-bond acceptors (Lipinski definition) is 1. The fraction of sp³-hybridized carbons (Fsp3) is 0.933. The first kappa shape index (κ1) is 13.9. The molecule has 1 saturated heterocycles. The molecule has 104 valence electrons. The Hall–Kier alpha value is -0.570. The lowest BCUT2D eigenvalue weighted by atomic mass is 10.0. The van der Waals surface area contributed by atoms with Crippen molar-refractivity contribution in [2.45, 2.75) is 58.4 Å². The molecule has 1 heterocycles. The van der Waals surface area contributed by atoms with E-state index in [4.69, 9.17) is 0 Å². The van der Waals surface area contributed by atoms with Crippen LogP contribution in [0.25, 0.3) is 0 Å². The minimum absolute atomic E-state index is 0.407. The van der Waals surface area contributed by atoms with Gasteiger partial charge in [0.2, 0.25) is 5.91 Å². The van der Waals surface area contributed by atoms with E-state index in [1.54, 1.807) is 4.90 Å². The van der Waals surface area contributed by atoms with Crippen molar-refractivity contribution in [1.82, 2.24) is 4.90 Å². The summed E-state index contributed by atoms with van der Waals surface area (Å²) in [6.07, 6.45) is 7.42. The van der Waals surface area contributed by atoms with Crippen LogP contribution in [0.15, 0.2) is 0 Å². The zero-order valence-electron chi connectivity index (χ0n) is 12.1. The summed E-state index contributed by atoms with van der Waals surface area (Å²) in [5.41, 5.74) is 0. The van der Waals surface area contributed by atoms with Crippen LogP contribution in [0, 0.1) is 5.92 Å². The van der Waals surface area contributed by atoms with Crippen LogP contribution in [-0.4, -0.2) is 43.0 Å². The molecule has 1 aliphatic carbocycles. The molecule has 2 rings (SSSR count).